The molecule has 0 atom stereocenters. The Bertz CT molecular complexity index is 3530. The molecule has 10 aromatic rings. The fraction of sp³-hybridized carbons (Fsp3) is 0.182. The van der Waals surface area contributed by atoms with Gasteiger partial charge in [0.25, 0.3) is 0 Å². The number of nitrogens with one attached hydrogen (secondary N) is 2. The SMILES string of the molecule is CC(C)c1cc(-c2n[nH]c(=O)n2-c2ccc3c(ccn3C)c2)c(O)cc1O.CC(C)c1cc(-c2n[nH]c(=O)n2-c2ccc3c(ccn3C)c2)c(OCc2ccccc2)cc1OCc1ccccc1.[CH3-].[Pd]. The fourth-order valence-corrected chi connectivity index (χ4v) is 8.40. The Hall–Kier alpha value is -7.86. The van der Waals surface area contributed by atoms with Crippen molar-refractivity contribution in [2.75, 3.05) is 0 Å². The van der Waals surface area contributed by atoms with E-state index >= 15 is 0 Å². The normalized spacial score (nSPS) is 11.1. The standard InChI is InChI=1S/C34H32N4O3.C20H20N4O3.CH3.Pd/c1-23(2)28-19-29(33-35-36-34(39)38(33)27-14-15-30-26(18-27)16-17-37(30)3)32(41-22-25-12-8-5-9-13-25)20-31(28)40-21-24-10-6-4-7-11-24;1-11(2)14-9-15(18(26)10-17(14)25)19-21-22-20(27)24(19)13-4-5-16-12(8-13)6-7-23(16)3;;/h4-20,23H,21-22H2,1-3H3,(H,36,39);4-11,25-26H,1-3H3,(H,22,27);1H3;/q;;-1;. The zero-order valence-corrected chi connectivity index (χ0v) is 41.5. The van der Waals surface area contributed by atoms with Gasteiger partial charge in [0.1, 0.15) is 36.2 Å². The Labute approximate surface area is 419 Å². The second-order valence-electron chi connectivity index (χ2n) is 17.4. The third-order valence-corrected chi connectivity index (χ3v) is 12.1. The number of aromatic nitrogens is 8. The molecule has 0 aliphatic carbocycles. The molecule has 362 valence electrons. The Kier molecular flexibility index (Phi) is 15.2. The van der Waals surface area contributed by atoms with Gasteiger partial charge in [0.2, 0.25) is 0 Å². The summed E-state index contributed by atoms with van der Waals surface area (Å²) in [6.45, 7) is 8.92. The third-order valence-electron chi connectivity index (χ3n) is 12.1. The first-order valence-corrected chi connectivity index (χ1v) is 22.4. The molecular weight excluding hydrogens is 975 g/mol. The Morgan fingerprint density at radius 1 is 0.543 bits per heavy atom. The first-order valence-electron chi connectivity index (χ1n) is 22.4. The summed E-state index contributed by atoms with van der Waals surface area (Å²) in [5.74, 6) is 2.17. The van der Waals surface area contributed by atoms with Gasteiger partial charge in [-0.05, 0) is 94.8 Å². The summed E-state index contributed by atoms with van der Waals surface area (Å²) < 4.78 is 19.9. The van der Waals surface area contributed by atoms with E-state index in [2.05, 4.69) is 38.8 Å². The zero-order valence-electron chi connectivity index (χ0n) is 40.0. The number of aromatic amines is 2. The summed E-state index contributed by atoms with van der Waals surface area (Å²) in [6.07, 6.45) is 3.96. The molecule has 14 nitrogen and oxygen atoms in total. The van der Waals surface area contributed by atoms with Crippen molar-refractivity contribution in [2.24, 2.45) is 14.1 Å². The summed E-state index contributed by atoms with van der Waals surface area (Å²) >= 11 is 0. The van der Waals surface area contributed by atoms with Gasteiger partial charge in [0.15, 0.2) is 11.6 Å². The van der Waals surface area contributed by atoms with Crippen LogP contribution in [0.3, 0.4) is 0 Å². The van der Waals surface area contributed by atoms with Gasteiger partial charge < -0.3 is 36.2 Å². The molecule has 0 saturated carbocycles. The summed E-state index contributed by atoms with van der Waals surface area (Å²) in [6, 6.07) is 42.6. The summed E-state index contributed by atoms with van der Waals surface area (Å²) in [5.41, 5.74) is 7.65. The number of H-pyrrole nitrogens is 2. The number of aromatic hydroxyl groups is 2. The van der Waals surface area contributed by atoms with Gasteiger partial charge >= 0.3 is 11.4 Å². The number of rotatable bonds is 12. The molecule has 0 aliphatic rings. The van der Waals surface area contributed by atoms with Crippen molar-refractivity contribution in [3.05, 3.63) is 197 Å². The van der Waals surface area contributed by atoms with Gasteiger partial charge in [0, 0.05) is 80.9 Å². The van der Waals surface area contributed by atoms with Crippen molar-refractivity contribution in [1.82, 2.24) is 38.7 Å². The second kappa shape index (κ2) is 21.2. The van der Waals surface area contributed by atoms with E-state index < -0.39 is 5.69 Å². The van der Waals surface area contributed by atoms with Crippen LogP contribution in [0.1, 0.15) is 61.8 Å². The average molecular weight is 1030 g/mol. The van der Waals surface area contributed by atoms with E-state index in [1.165, 1.54) is 10.6 Å². The number of nitrogens with zero attached hydrogens (tertiary/aromatic N) is 6. The van der Waals surface area contributed by atoms with E-state index in [1.54, 1.807) is 10.6 Å². The third kappa shape index (κ3) is 10.1. The molecule has 0 amide bonds. The molecule has 0 fully saturated rings. The minimum Gasteiger partial charge on any atom is -0.508 e. The van der Waals surface area contributed by atoms with Gasteiger partial charge in [-0.25, -0.2) is 28.9 Å². The van der Waals surface area contributed by atoms with Crippen LogP contribution in [0.4, 0.5) is 0 Å². The monoisotopic (exact) mass is 1030 g/mol. The van der Waals surface area contributed by atoms with Gasteiger partial charge in [-0.2, -0.15) is 10.2 Å². The molecule has 0 radical (unpaired) electrons. The fourth-order valence-electron chi connectivity index (χ4n) is 8.40. The van der Waals surface area contributed by atoms with Crippen LogP contribution in [0.15, 0.2) is 155 Å². The van der Waals surface area contributed by atoms with E-state index in [4.69, 9.17) is 9.47 Å². The summed E-state index contributed by atoms with van der Waals surface area (Å²) in [7, 11) is 3.96. The van der Waals surface area contributed by atoms with Crippen LogP contribution in [0.5, 0.6) is 23.0 Å². The Morgan fingerprint density at radius 2 is 1.00 bits per heavy atom. The topological polar surface area (TPSA) is 170 Å². The molecular formula is C55H55N8O6Pd-. The molecule has 0 aliphatic heterocycles. The van der Waals surface area contributed by atoms with Crippen LogP contribution in [0, 0.1) is 7.43 Å². The molecule has 4 N–H and O–H groups in total. The van der Waals surface area contributed by atoms with Crippen LogP contribution < -0.4 is 20.9 Å². The molecule has 15 heteroatoms. The Morgan fingerprint density at radius 3 is 1.49 bits per heavy atom. The van der Waals surface area contributed by atoms with E-state index in [-0.39, 0.29) is 62.7 Å². The number of phenolic OH excluding ortho intramolecular Hbond substituents is 2. The molecule has 0 bridgehead atoms. The maximum atomic E-state index is 13.2. The molecule has 0 spiro atoms. The van der Waals surface area contributed by atoms with Crippen molar-refractivity contribution in [2.45, 2.75) is 52.7 Å². The van der Waals surface area contributed by atoms with Crippen molar-refractivity contribution < 1.29 is 40.1 Å². The molecule has 0 saturated heterocycles. The predicted octanol–water partition coefficient (Wildman–Crippen LogP) is 10.7. The van der Waals surface area contributed by atoms with Crippen molar-refractivity contribution in [3.8, 4) is 57.1 Å². The minimum absolute atomic E-state index is 0. The van der Waals surface area contributed by atoms with Crippen molar-refractivity contribution >= 4 is 21.8 Å². The number of phenols is 2. The van der Waals surface area contributed by atoms with Crippen LogP contribution in [-0.4, -0.2) is 48.9 Å². The van der Waals surface area contributed by atoms with E-state index in [1.807, 2.05) is 166 Å². The van der Waals surface area contributed by atoms with Gasteiger partial charge in [-0.3, -0.25) is 0 Å². The smallest absolute Gasteiger partial charge is 0.348 e. The number of fused-ring (bicyclic) bond motifs is 2. The number of aryl methyl sites for hydroxylation is 2. The van der Waals surface area contributed by atoms with Crippen LogP contribution >= 0.6 is 0 Å². The number of hydrogen-bond donors (Lipinski definition) is 4. The molecule has 0 unspecified atom stereocenters. The van der Waals surface area contributed by atoms with Gasteiger partial charge in [-0.1, -0.05) is 88.4 Å². The molecule has 6 aromatic carbocycles. The molecule has 70 heavy (non-hydrogen) atoms. The van der Waals surface area contributed by atoms with Crippen LogP contribution in [0.2, 0.25) is 0 Å². The first kappa shape index (κ1) is 50.0. The number of hydrogen-bond acceptors (Lipinski definition) is 8. The summed E-state index contributed by atoms with van der Waals surface area (Å²) in [5, 5.41) is 36.2. The van der Waals surface area contributed by atoms with E-state index in [0.717, 1.165) is 49.9 Å². The first-order chi connectivity index (χ1) is 32.8. The summed E-state index contributed by atoms with van der Waals surface area (Å²) in [4.78, 5) is 25.6. The number of benzene rings is 6. The average Bonchev–Trinajstić information content (AvgIpc) is 4.12. The number of ether oxygens (including phenoxy) is 2. The van der Waals surface area contributed by atoms with Crippen molar-refractivity contribution in [3.63, 3.8) is 0 Å². The van der Waals surface area contributed by atoms with Gasteiger partial charge in [0.05, 0.1) is 22.5 Å². The van der Waals surface area contributed by atoms with Crippen molar-refractivity contribution in [1.29, 1.82) is 0 Å². The molecule has 4 heterocycles. The largest absolute Gasteiger partial charge is 0.508 e. The zero-order chi connectivity index (χ0) is 47.6. The van der Waals surface area contributed by atoms with Crippen LogP contribution in [-0.2, 0) is 47.7 Å². The molecule has 4 aromatic heterocycles. The van der Waals surface area contributed by atoms with Gasteiger partial charge in [-0.15, -0.1) is 0 Å². The second-order valence-corrected chi connectivity index (χ2v) is 17.4. The minimum atomic E-state index is -0.404. The van der Waals surface area contributed by atoms with E-state index in [0.29, 0.717) is 47.2 Å². The van der Waals surface area contributed by atoms with Crippen LogP contribution in [0.25, 0.3) is 56.0 Å². The predicted molar refractivity (Wildman–Crippen MR) is 272 cm³/mol. The molecule has 10 rings (SSSR count). The van der Waals surface area contributed by atoms with E-state index in [9.17, 15) is 19.8 Å². The quantitative estimate of drug-likeness (QED) is 0.0692. The maximum absolute atomic E-state index is 13.2. The maximum Gasteiger partial charge on any atom is 0.348 e. The Balaban J connectivity index is 0.000000217.